The van der Waals surface area contributed by atoms with E-state index in [4.69, 9.17) is 0 Å². The van der Waals surface area contributed by atoms with Crippen molar-refractivity contribution in [3.63, 3.8) is 0 Å². The van der Waals surface area contributed by atoms with Gasteiger partial charge in [0.2, 0.25) is 5.91 Å². The molecule has 0 fully saturated rings. The quantitative estimate of drug-likeness (QED) is 0.429. The van der Waals surface area contributed by atoms with Crippen LogP contribution in [0, 0.1) is 12.8 Å². The van der Waals surface area contributed by atoms with Gasteiger partial charge in [-0.2, -0.15) is 0 Å². The molecule has 0 aliphatic rings. The largest absolute Gasteiger partial charge is 0.352 e. The summed E-state index contributed by atoms with van der Waals surface area (Å²) in [5, 5.41) is 9.41. The summed E-state index contributed by atoms with van der Waals surface area (Å²) in [5.41, 5.74) is 3.47. The summed E-state index contributed by atoms with van der Waals surface area (Å²) in [6, 6.07) is 13.0. The van der Waals surface area contributed by atoms with Gasteiger partial charge in [0, 0.05) is 38.5 Å². The number of amides is 1. The van der Waals surface area contributed by atoms with Crippen molar-refractivity contribution in [2.24, 2.45) is 10.9 Å². The molecule has 0 atom stereocenters. The van der Waals surface area contributed by atoms with Crippen molar-refractivity contribution >= 4 is 27.4 Å². The summed E-state index contributed by atoms with van der Waals surface area (Å²) in [6.07, 6.45) is 1.70. The van der Waals surface area contributed by atoms with Gasteiger partial charge >= 0.3 is 0 Å². The minimum absolute atomic E-state index is 0.00905. The van der Waals surface area contributed by atoms with E-state index in [9.17, 15) is 13.2 Å². The molecule has 0 saturated carbocycles. The third-order valence-corrected chi connectivity index (χ3v) is 5.84. The topological polar surface area (TPSA) is 99.7 Å². The van der Waals surface area contributed by atoms with Gasteiger partial charge in [-0.25, -0.2) is 8.42 Å². The first-order chi connectivity index (χ1) is 14.6. The van der Waals surface area contributed by atoms with Crippen molar-refractivity contribution in [2.45, 2.75) is 45.2 Å². The Hall–Kier alpha value is -2.87. The zero-order valence-electron chi connectivity index (χ0n) is 18.8. The highest BCUT2D eigenvalue weighted by atomic mass is 32.2. The van der Waals surface area contributed by atoms with Crippen LogP contribution in [-0.2, 0) is 27.7 Å². The van der Waals surface area contributed by atoms with Crippen LogP contribution in [0.4, 0.5) is 5.69 Å². The average Bonchev–Trinajstić information content (AvgIpc) is 2.66. The van der Waals surface area contributed by atoms with Crippen LogP contribution >= 0.6 is 0 Å². The molecule has 0 saturated heterocycles. The number of carbonyl (C=O) groups is 1. The number of hydrogen-bond donors (Lipinski definition) is 3. The van der Waals surface area contributed by atoms with Crippen LogP contribution in [0.5, 0.6) is 0 Å². The first-order valence-corrected chi connectivity index (χ1v) is 12.1. The van der Waals surface area contributed by atoms with Crippen LogP contribution in [0.3, 0.4) is 0 Å². The van der Waals surface area contributed by atoms with E-state index in [1.165, 1.54) is 6.26 Å². The van der Waals surface area contributed by atoms with E-state index in [0.717, 1.165) is 22.4 Å². The van der Waals surface area contributed by atoms with E-state index >= 15 is 0 Å². The number of aliphatic imine (C=N–C) groups is 1. The maximum Gasteiger partial charge on any atom is 0.224 e. The number of hydrogen-bond acceptors (Lipinski definition) is 4. The highest BCUT2D eigenvalue weighted by Crippen LogP contribution is 2.16. The van der Waals surface area contributed by atoms with Gasteiger partial charge in [0.25, 0.3) is 0 Å². The first-order valence-electron chi connectivity index (χ1n) is 10.2. The molecule has 3 N–H and O–H groups in total. The van der Waals surface area contributed by atoms with Crippen molar-refractivity contribution in [1.29, 1.82) is 0 Å². The van der Waals surface area contributed by atoms with Gasteiger partial charge in [-0.15, -0.1) is 0 Å². The number of benzene rings is 2. The molecule has 1 amide bonds. The third-order valence-electron chi connectivity index (χ3n) is 4.59. The highest BCUT2D eigenvalue weighted by Gasteiger charge is 2.11. The number of nitrogens with one attached hydrogen (secondary N) is 3. The Morgan fingerprint density at radius 2 is 1.68 bits per heavy atom. The lowest BCUT2D eigenvalue weighted by atomic mass is 10.1. The number of anilines is 1. The molecule has 31 heavy (non-hydrogen) atoms. The summed E-state index contributed by atoms with van der Waals surface area (Å²) in [5.74, 6) is 0.944. The van der Waals surface area contributed by atoms with Gasteiger partial charge in [-0.1, -0.05) is 38.1 Å². The molecule has 0 aliphatic heterocycles. The zero-order chi connectivity index (χ0) is 23.0. The summed E-state index contributed by atoms with van der Waals surface area (Å²) in [7, 11) is -1.54. The van der Waals surface area contributed by atoms with Crippen LogP contribution < -0.4 is 16.0 Å². The smallest absolute Gasteiger partial charge is 0.224 e. The second-order valence-electron chi connectivity index (χ2n) is 8.00. The number of guanidine groups is 1. The number of rotatable bonds is 8. The van der Waals surface area contributed by atoms with Crippen molar-refractivity contribution in [1.82, 2.24) is 10.6 Å². The maximum absolute atomic E-state index is 12.0. The number of sulfone groups is 1. The van der Waals surface area contributed by atoms with E-state index in [1.807, 2.05) is 44.2 Å². The monoisotopic (exact) mass is 444 g/mol. The first kappa shape index (κ1) is 24.4. The lowest BCUT2D eigenvalue weighted by molar-refractivity contribution is -0.116. The van der Waals surface area contributed by atoms with E-state index < -0.39 is 9.84 Å². The van der Waals surface area contributed by atoms with Crippen LogP contribution in [0.2, 0.25) is 0 Å². The van der Waals surface area contributed by atoms with E-state index in [0.29, 0.717) is 36.3 Å². The minimum Gasteiger partial charge on any atom is -0.352 e. The lowest BCUT2D eigenvalue weighted by Crippen LogP contribution is -2.36. The van der Waals surface area contributed by atoms with Crippen molar-refractivity contribution in [2.75, 3.05) is 18.6 Å². The van der Waals surface area contributed by atoms with Gasteiger partial charge < -0.3 is 16.0 Å². The Morgan fingerprint density at radius 3 is 2.23 bits per heavy atom. The fourth-order valence-corrected chi connectivity index (χ4v) is 4.13. The Labute approximate surface area is 185 Å². The fraction of sp³-hybridized carbons (Fsp3) is 0.391. The Bertz CT molecular complexity index is 1050. The van der Waals surface area contributed by atoms with Gasteiger partial charge in [0.15, 0.2) is 15.8 Å². The molecular weight excluding hydrogens is 412 g/mol. The fourth-order valence-electron chi connectivity index (χ4n) is 3.17. The number of nitrogens with zero attached hydrogens (tertiary/aromatic N) is 1. The minimum atomic E-state index is -3.23. The molecule has 0 aliphatic carbocycles. The summed E-state index contributed by atoms with van der Waals surface area (Å²) < 4.78 is 23.5. The van der Waals surface area contributed by atoms with Gasteiger partial charge in [0.1, 0.15) is 0 Å². The molecule has 2 rings (SSSR count). The molecule has 0 aromatic heterocycles. The SMILES string of the molecule is CN=C(NCc1cccc(NC(=O)CC(C)C)c1)NCc1ccc(S(C)(=O)=O)c(C)c1. The highest BCUT2D eigenvalue weighted by molar-refractivity contribution is 7.90. The van der Waals surface area contributed by atoms with Crippen molar-refractivity contribution < 1.29 is 13.2 Å². The predicted octanol–water partition coefficient (Wildman–Crippen LogP) is 3.25. The molecule has 168 valence electrons. The number of aryl methyl sites for hydroxylation is 1. The summed E-state index contributed by atoms with van der Waals surface area (Å²) in [4.78, 5) is 16.6. The van der Waals surface area contributed by atoms with E-state index in [2.05, 4.69) is 20.9 Å². The van der Waals surface area contributed by atoms with Crippen LogP contribution in [0.15, 0.2) is 52.4 Å². The normalized spacial score (nSPS) is 12.0. The second kappa shape index (κ2) is 10.9. The molecule has 0 bridgehead atoms. The molecular formula is C23H32N4O3S. The molecule has 0 heterocycles. The Balaban J connectivity index is 1.92. The number of carbonyl (C=O) groups excluding carboxylic acids is 1. The maximum atomic E-state index is 12.0. The Morgan fingerprint density at radius 1 is 1.03 bits per heavy atom. The summed E-state index contributed by atoms with van der Waals surface area (Å²) in [6.45, 7) is 6.87. The van der Waals surface area contributed by atoms with Crippen LogP contribution in [0.25, 0.3) is 0 Å². The predicted molar refractivity (Wildman–Crippen MR) is 126 cm³/mol. The van der Waals surface area contributed by atoms with Crippen LogP contribution in [-0.4, -0.2) is 33.6 Å². The van der Waals surface area contributed by atoms with E-state index in [1.54, 1.807) is 26.1 Å². The van der Waals surface area contributed by atoms with Gasteiger partial charge in [-0.3, -0.25) is 9.79 Å². The molecule has 0 spiro atoms. The molecule has 2 aromatic carbocycles. The van der Waals surface area contributed by atoms with E-state index in [-0.39, 0.29) is 5.91 Å². The average molecular weight is 445 g/mol. The lowest BCUT2D eigenvalue weighted by Gasteiger charge is -2.14. The van der Waals surface area contributed by atoms with Gasteiger partial charge in [-0.05, 0) is 47.7 Å². The third kappa shape index (κ3) is 8.05. The zero-order valence-corrected chi connectivity index (χ0v) is 19.6. The molecule has 8 heteroatoms. The van der Waals surface area contributed by atoms with Gasteiger partial charge in [0.05, 0.1) is 4.90 Å². The molecule has 7 nitrogen and oxygen atoms in total. The second-order valence-corrected chi connectivity index (χ2v) is 9.98. The molecule has 0 radical (unpaired) electrons. The summed E-state index contributed by atoms with van der Waals surface area (Å²) >= 11 is 0. The standard InChI is InChI=1S/C23H32N4O3S/c1-16(2)11-22(28)27-20-8-6-7-18(13-20)14-25-23(24-4)26-15-19-9-10-21(17(3)12-19)31(5,29)30/h6-10,12-13,16H,11,14-15H2,1-5H3,(H,27,28)(H2,24,25,26). The van der Waals surface area contributed by atoms with Crippen molar-refractivity contribution in [3.8, 4) is 0 Å². The molecule has 2 aromatic rings. The van der Waals surface area contributed by atoms with Crippen molar-refractivity contribution in [3.05, 3.63) is 59.2 Å². The molecule has 0 unspecified atom stereocenters. The van der Waals surface area contributed by atoms with Crippen LogP contribution in [0.1, 0.15) is 37.0 Å². The Kier molecular flexibility index (Phi) is 8.62.